The van der Waals surface area contributed by atoms with Crippen molar-refractivity contribution < 1.29 is 14.5 Å². The molecule has 3 aromatic carbocycles. The number of nitro benzene ring substituents is 1. The number of fused-ring (bicyclic) bond motifs is 1. The number of aromatic nitrogens is 2. The normalized spacial score (nSPS) is 12.0. The van der Waals surface area contributed by atoms with Crippen LogP contribution in [0.25, 0.3) is 22.7 Å². The Hall–Kier alpha value is -4.79. The Kier molecular flexibility index (Phi) is 8.50. The standard InChI is InChI=1S/C30H30N4O5/c1-4-20-32(28(35)19-16-21-14-17-22(18-15-21)34(37)38)25(5-2)29-31-24-11-7-6-10-23(24)30(36)33(29)26-12-8-9-13-27(26)39-3/h6-19,25H,4-5,20H2,1-3H3/b19-16+. The van der Waals surface area contributed by atoms with E-state index in [1.54, 1.807) is 65.1 Å². The average Bonchev–Trinajstić information content (AvgIpc) is 2.96. The second-order valence-electron chi connectivity index (χ2n) is 8.94. The largest absolute Gasteiger partial charge is 0.495 e. The van der Waals surface area contributed by atoms with Crippen molar-refractivity contribution in [2.24, 2.45) is 0 Å². The molecule has 9 nitrogen and oxygen atoms in total. The highest BCUT2D eigenvalue weighted by Crippen LogP contribution is 2.30. The van der Waals surface area contributed by atoms with E-state index in [0.29, 0.717) is 53.1 Å². The van der Waals surface area contributed by atoms with E-state index in [1.807, 2.05) is 32.0 Å². The number of carbonyl (C=O) groups is 1. The maximum Gasteiger partial charge on any atom is 0.269 e. The van der Waals surface area contributed by atoms with Gasteiger partial charge in [0.2, 0.25) is 5.91 Å². The lowest BCUT2D eigenvalue weighted by molar-refractivity contribution is -0.384. The number of benzene rings is 3. The predicted molar refractivity (Wildman–Crippen MR) is 151 cm³/mol. The van der Waals surface area contributed by atoms with Crippen LogP contribution in [0.4, 0.5) is 5.69 Å². The second-order valence-corrected chi connectivity index (χ2v) is 8.94. The van der Waals surface area contributed by atoms with Crippen molar-refractivity contribution in [2.45, 2.75) is 32.7 Å². The zero-order chi connectivity index (χ0) is 27.9. The fraction of sp³-hybridized carbons (Fsp3) is 0.233. The van der Waals surface area contributed by atoms with E-state index in [9.17, 15) is 19.7 Å². The summed E-state index contributed by atoms with van der Waals surface area (Å²) in [5.41, 5.74) is 1.49. The maximum atomic E-state index is 13.9. The van der Waals surface area contributed by atoms with Gasteiger partial charge in [-0.25, -0.2) is 4.98 Å². The maximum absolute atomic E-state index is 13.9. The van der Waals surface area contributed by atoms with E-state index in [4.69, 9.17) is 9.72 Å². The molecule has 0 radical (unpaired) electrons. The van der Waals surface area contributed by atoms with Crippen LogP contribution in [-0.2, 0) is 4.79 Å². The van der Waals surface area contributed by atoms with Crippen LogP contribution in [0.15, 0.2) is 83.7 Å². The zero-order valence-electron chi connectivity index (χ0n) is 22.1. The topological polar surface area (TPSA) is 108 Å². The third kappa shape index (κ3) is 5.72. The van der Waals surface area contributed by atoms with Crippen LogP contribution in [0.3, 0.4) is 0 Å². The van der Waals surface area contributed by atoms with Gasteiger partial charge in [-0.15, -0.1) is 0 Å². The number of hydrogen-bond donors (Lipinski definition) is 0. The van der Waals surface area contributed by atoms with Crippen molar-refractivity contribution >= 4 is 28.6 Å². The molecule has 1 heterocycles. The van der Waals surface area contributed by atoms with Crippen molar-refractivity contribution in [3.63, 3.8) is 0 Å². The molecule has 0 spiro atoms. The number of nitro groups is 1. The summed E-state index contributed by atoms with van der Waals surface area (Å²) in [5.74, 6) is 0.700. The van der Waals surface area contributed by atoms with Crippen LogP contribution in [0.1, 0.15) is 44.1 Å². The van der Waals surface area contributed by atoms with Gasteiger partial charge in [-0.1, -0.05) is 38.1 Å². The number of amides is 1. The first-order valence-electron chi connectivity index (χ1n) is 12.8. The van der Waals surface area contributed by atoms with E-state index in [1.165, 1.54) is 18.2 Å². The Balaban J connectivity index is 1.83. The minimum Gasteiger partial charge on any atom is -0.495 e. The summed E-state index contributed by atoms with van der Waals surface area (Å²) in [6, 6.07) is 19.9. The van der Waals surface area contributed by atoms with Crippen molar-refractivity contribution in [1.29, 1.82) is 0 Å². The molecule has 0 N–H and O–H groups in total. The number of carbonyl (C=O) groups excluding carboxylic acids is 1. The van der Waals surface area contributed by atoms with Crippen LogP contribution in [0.2, 0.25) is 0 Å². The van der Waals surface area contributed by atoms with Crippen LogP contribution < -0.4 is 10.3 Å². The van der Waals surface area contributed by atoms with E-state index < -0.39 is 11.0 Å². The Morgan fingerprint density at radius 1 is 1.08 bits per heavy atom. The Morgan fingerprint density at radius 3 is 2.44 bits per heavy atom. The number of hydrogen-bond acceptors (Lipinski definition) is 6. The lowest BCUT2D eigenvalue weighted by Crippen LogP contribution is -2.38. The van der Waals surface area contributed by atoms with Crippen molar-refractivity contribution in [2.75, 3.05) is 13.7 Å². The number of methoxy groups -OCH3 is 1. The number of non-ortho nitro benzene ring substituents is 1. The summed E-state index contributed by atoms with van der Waals surface area (Å²) in [7, 11) is 1.55. The lowest BCUT2D eigenvalue weighted by Gasteiger charge is -2.31. The average molecular weight is 527 g/mol. The van der Waals surface area contributed by atoms with E-state index in [0.717, 1.165) is 0 Å². The molecule has 0 aliphatic rings. The molecule has 1 aromatic heterocycles. The highest BCUT2D eigenvalue weighted by Gasteiger charge is 2.28. The molecule has 4 rings (SSSR count). The molecule has 39 heavy (non-hydrogen) atoms. The smallest absolute Gasteiger partial charge is 0.269 e. The van der Waals surface area contributed by atoms with Gasteiger partial charge in [0.25, 0.3) is 11.2 Å². The molecule has 1 atom stereocenters. The molecule has 1 unspecified atom stereocenters. The number of rotatable bonds is 10. The van der Waals surface area contributed by atoms with Crippen LogP contribution in [-0.4, -0.2) is 38.9 Å². The molecular weight excluding hydrogens is 496 g/mol. The molecule has 0 aliphatic carbocycles. The highest BCUT2D eigenvalue weighted by molar-refractivity contribution is 5.92. The summed E-state index contributed by atoms with van der Waals surface area (Å²) in [4.78, 5) is 44.5. The van der Waals surface area contributed by atoms with Gasteiger partial charge in [-0.05, 0) is 60.9 Å². The van der Waals surface area contributed by atoms with E-state index >= 15 is 0 Å². The van der Waals surface area contributed by atoms with Gasteiger partial charge in [0.1, 0.15) is 11.6 Å². The first kappa shape index (κ1) is 27.3. The second kappa shape index (κ2) is 12.2. The van der Waals surface area contributed by atoms with E-state index in [2.05, 4.69) is 0 Å². The van der Waals surface area contributed by atoms with Gasteiger partial charge in [0.15, 0.2) is 0 Å². The monoisotopic (exact) mass is 526 g/mol. The summed E-state index contributed by atoms with van der Waals surface area (Å²) < 4.78 is 7.13. The predicted octanol–water partition coefficient (Wildman–Crippen LogP) is 5.71. The summed E-state index contributed by atoms with van der Waals surface area (Å²) in [6.45, 7) is 4.37. The minimum atomic E-state index is -0.513. The molecule has 200 valence electrons. The first-order chi connectivity index (χ1) is 18.9. The quantitative estimate of drug-likeness (QED) is 0.149. The molecule has 0 fully saturated rings. The van der Waals surface area contributed by atoms with Gasteiger partial charge >= 0.3 is 0 Å². The van der Waals surface area contributed by atoms with Crippen molar-refractivity contribution in [3.8, 4) is 11.4 Å². The fourth-order valence-corrected chi connectivity index (χ4v) is 4.59. The Bertz CT molecular complexity index is 1580. The van der Waals surface area contributed by atoms with Gasteiger partial charge in [0.05, 0.1) is 34.7 Å². The van der Waals surface area contributed by atoms with Crippen molar-refractivity contribution in [1.82, 2.24) is 14.5 Å². The summed E-state index contributed by atoms with van der Waals surface area (Å²) in [6.07, 6.45) is 4.28. The molecule has 9 heteroatoms. The molecule has 1 amide bonds. The van der Waals surface area contributed by atoms with Gasteiger partial charge < -0.3 is 9.64 Å². The minimum absolute atomic E-state index is 0.0196. The molecular formula is C30H30N4O5. The lowest BCUT2D eigenvalue weighted by atomic mass is 10.1. The third-order valence-corrected chi connectivity index (χ3v) is 6.46. The van der Waals surface area contributed by atoms with Crippen LogP contribution in [0, 0.1) is 10.1 Å². The molecule has 0 aliphatic heterocycles. The molecule has 4 aromatic rings. The van der Waals surface area contributed by atoms with Crippen LogP contribution >= 0.6 is 0 Å². The zero-order valence-corrected chi connectivity index (χ0v) is 22.1. The van der Waals surface area contributed by atoms with Gasteiger partial charge in [-0.3, -0.25) is 24.3 Å². The van der Waals surface area contributed by atoms with Crippen LogP contribution in [0.5, 0.6) is 5.75 Å². The van der Waals surface area contributed by atoms with E-state index in [-0.39, 0.29) is 17.2 Å². The number of ether oxygens (including phenoxy) is 1. The van der Waals surface area contributed by atoms with Crippen molar-refractivity contribution in [3.05, 3.63) is 111 Å². The molecule has 0 saturated heterocycles. The first-order valence-corrected chi connectivity index (χ1v) is 12.8. The van der Waals surface area contributed by atoms with Gasteiger partial charge in [0, 0.05) is 24.8 Å². The molecule has 0 saturated carbocycles. The SMILES string of the molecule is CCCN(C(=O)/C=C/c1ccc([N+](=O)[O-])cc1)C(CC)c1nc2ccccc2c(=O)n1-c1ccccc1OC. The summed E-state index contributed by atoms with van der Waals surface area (Å²) >= 11 is 0. The Morgan fingerprint density at radius 2 is 1.77 bits per heavy atom. The highest BCUT2D eigenvalue weighted by atomic mass is 16.6. The molecule has 0 bridgehead atoms. The summed E-state index contributed by atoms with van der Waals surface area (Å²) in [5, 5.41) is 11.4. The van der Waals surface area contributed by atoms with Gasteiger partial charge in [-0.2, -0.15) is 0 Å². The third-order valence-electron chi connectivity index (χ3n) is 6.46. The fourth-order valence-electron chi connectivity index (χ4n) is 4.59. The Labute approximate surface area is 226 Å². The number of para-hydroxylation sites is 3. The number of nitrogens with zero attached hydrogens (tertiary/aromatic N) is 4.